The lowest BCUT2D eigenvalue weighted by Gasteiger charge is -2.33. The van der Waals surface area contributed by atoms with E-state index in [9.17, 15) is 18.0 Å². The molecule has 10 heteroatoms. The smallest absolute Gasteiger partial charge is 0.422 e. The second-order valence-corrected chi connectivity index (χ2v) is 7.27. The number of hydrogen-bond acceptors (Lipinski definition) is 6. The largest absolute Gasteiger partial charge is 0.481 e. The number of ether oxygens (including phenoxy) is 1. The van der Waals surface area contributed by atoms with Crippen molar-refractivity contribution >= 4 is 34.0 Å². The van der Waals surface area contributed by atoms with Crippen LogP contribution in [0.2, 0.25) is 0 Å². The average molecular weight is 326 g/mol. The van der Waals surface area contributed by atoms with Crippen LogP contribution in [0.15, 0.2) is 0 Å². The summed E-state index contributed by atoms with van der Waals surface area (Å²) in [7, 11) is -4.09. The van der Waals surface area contributed by atoms with E-state index >= 15 is 0 Å². The van der Waals surface area contributed by atoms with E-state index in [0.717, 1.165) is 4.31 Å². The Morgan fingerprint density at radius 3 is 2.70 bits per heavy atom. The fourth-order valence-electron chi connectivity index (χ4n) is 1.72. The molecule has 0 saturated carbocycles. The first kappa shape index (κ1) is 17.1. The number of nitrogens with zero attached hydrogens (tertiary/aromatic N) is 1. The fourth-order valence-corrected chi connectivity index (χ4v) is 4.24. The summed E-state index contributed by atoms with van der Waals surface area (Å²) in [6, 6.07) is -0.671. The Bertz CT molecular complexity index is 464. The molecule has 1 heterocycles. The zero-order chi connectivity index (χ0) is 15.3. The third-order valence-electron chi connectivity index (χ3n) is 2.45. The van der Waals surface area contributed by atoms with Gasteiger partial charge in [-0.1, -0.05) is 0 Å². The maximum absolute atomic E-state index is 12.1. The van der Waals surface area contributed by atoms with Crippen LogP contribution in [0.4, 0.5) is 4.79 Å². The van der Waals surface area contributed by atoms with E-state index in [1.54, 1.807) is 18.6 Å². The molecule has 0 aliphatic carbocycles. The molecule has 1 unspecified atom stereocenters. The van der Waals surface area contributed by atoms with Gasteiger partial charge < -0.3 is 9.84 Å². The van der Waals surface area contributed by atoms with Gasteiger partial charge in [-0.3, -0.25) is 4.79 Å². The zero-order valence-electron chi connectivity index (χ0n) is 11.2. The van der Waals surface area contributed by atoms with Crippen LogP contribution in [0.1, 0.15) is 20.3 Å². The van der Waals surface area contributed by atoms with E-state index in [2.05, 4.69) is 0 Å². The first-order valence-corrected chi connectivity index (χ1v) is 8.61. The van der Waals surface area contributed by atoms with Crippen LogP contribution in [-0.2, 0) is 19.7 Å². The normalized spacial score (nSPS) is 20.6. The predicted octanol–water partition coefficient (Wildman–Crippen LogP) is 0.258. The highest BCUT2D eigenvalue weighted by atomic mass is 32.2. The van der Waals surface area contributed by atoms with Gasteiger partial charge in [0.2, 0.25) is 0 Å². The maximum atomic E-state index is 12.1. The Labute approximate surface area is 122 Å². The van der Waals surface area contributed by atoms with Gasteiger partial charge in [0, 0.05) is 24.1 Å². The van der Waals surface area contributed by atoms with Gasteiger partial charge >= 0.3 is 22.3 Å². The Morgan fingerprint density at radius 1 is 1.50 bits per heavy atom. The number of carboxylic acid groups (broad SMARTS) is 1. The molecule has 1 atom stereocenters. The summed E-state index contributed by atoms with van der Waals surface area (Å²) in [6.07, 6.45) is -1.81. The molecular formula is C10H18N2O6S2. The minimum absolute atomic E-state index is 0.160. The molecule has 116 valence electrons. The van der Waals surface area contributed by atoms with Gasteiger partial charge in [-0.2, -0.15) is 24.5 Å². The molecule has 1 fully saturated rings. The molecule has 0 aromatic carbocycles. The monoisotopic (exact) mass is 326 g/mol. The summed E-state index contributed by atoms with van der Waals surface area (Å²) in [5.74, 6) is -0.148. The Balaban J connectivity index is 2.77. The number of amides is 1. The molecule has 8 nitrogen and oxygen atoms in total. The molecule has 1 rings (SSSR count). The summed E-state index contributed by atoms with van der Waals surface area (Å²) in [5, 5.41) is 8.81. The number of carbonyl (C=O) groups excluding carboxylic acids is 1. The van der Waals surface area contributed by atoms with Gasteiger partial charge in [0.05, 0.1) is 12.5 Å². The van der Waals surface area contributed by atoms with Crippen LogP contribution in [0.5, 0.6) is 0 Å². The molecule has 1 amide bonds. The Kier molecular flexibility index (Phi) is 6.08. The van der Waals surface area contributed by atoms with E-state index in [4.69, 9.17) is 9.84 Å². The van der Waals surface area contributed by atoms with Gasteiger partial charge in [0.25, 0.3) is 0 Å². The number of rotatable bonds is 5. The van der Waals surface area contributed by atoms with Crippen LogP contribution in [0.3, 0.4) is 0 Å². The van der Waals surface area contributed by atoms with Crippen molar-refractivity contribution in [2.75, 3.05) is 18.1 Å². The molecule has 1 aliphatic rings. The first-order chi connectivity index (χ1) is 9.22. The Hall–Kier alpha value is -1.00. The first-order valence-electron chi connectivity index (χ1n) is 6.02. The molecule has 0 bridgehead atoms. The second-order valence-electron chi connectivity index (χ2n) is 4.50. The average Bonchev–Trinajstić information content (AvgIpc) is 2.26. The van der Waals surface area contributed by atoms with E-state index in [-0.39, 0.29) is 13.0 Å². The Morgan fingerprint density at radius 2 is 2.15 bits per heavy atom. The molecule has 0 aromatic heterocycles. The van der Waals surface area contributed by atoms with Gasteiger partial charge in [-0.15, -0.1) is 0 Å². The summed E-state index contributed by atoms with van der Waals surface area (Å²) >= 11 is 1.48. The maximum Gasteiger partial charge on any atom is 0.422 e. The quantitative estimate of drug-likeness (QED) is 0.745. The number of thioether (sulfide) groups is 1. The fraction of sp³-hybridized carbons (Fsp3) is 0.800. The van der Waals surface area contributed by atoms with Gasteiger partial charge in [-0.25, -0.2) is 9.52 Å². The molecule has 2 N–H and O–H groups in total. The van der Waals surface area contributed by atoms with E-state index in [1.165, 1.54) is 11.8 Å². The van der Waals surface area contributed by atoms with Crippen molar-refractivity contribution in [3.8, 4) is 0 Å². The van der Waals surface area contributed by atoms with Crippen molar-refractivity contribution in [1.82, 2.24) is 9.03 Å². The van der Waals surface area contributed by atoms with E-state index in [1.807, 2.05) is 0 Å². The molecule has 20 heavy (non-hydrogen) atoms. The molecule has 1 saturated heterocycles. The van der Waals surface area contributed by atoms with Crippen LogP contribution < -0.4 is 4.72 Å². The predicted molar refractivity (Wildman–Crippen MR) is 73.7 cm³/mol. The van der Waals surface area contributed by atoms with Crippen LogP contribution in [0, 0.1) is 0 Å². The minimum Gasteiger partial charge on any atom is -0.481 e. The highest BCUT2D eigenvalue weighted by molar-refractivity contribution is 7.99. The van der Waals surface area contributed by atoms with Crippen molar-refractivity contribution in [3.63, 3.8) is 0 Å². The molecular weight excluding hydrogens is 308 g/mol. The lowest BCUT2D eigenvalue weighted by molar-refractivity contribution is -0.137. The molecule has 0 radical (unpaired) electrons. The topological polar surface area (TPSA) is 113 Å². The van der Waals surface area contributed by atoms with Gasteiger partial charge in [-0.05, 0) is 13.8 Å². The van der Waals surface area contributed by atoms with Crippen molar-refractivity contribution in [2.24, 2.45) is 0 Å². The SMILES string of the molecule is CC(C)OC(=O)NS(=O)(=O)N1CCSCC1CC(=O)O. The molecule has 0 spiro atoms. The number of aliphatic carboxylic acids is 1. The summed E-state index contributed by atoms with van der Waals surface area (Å²) in [6.45, 7) is 3.35. The van der Waals surface area contributed by atoms with Crippen molar-refractivity contribution in [2.45, 2.75) is 32.4 Å². The van der Waals surface area contributed by atoms with Crippen molar-refractivity contribution in [1.29, 1.82) is 0 Å². The van der Waals surface area contributed by atoms with Gasteiger partial charge in [0.1, 0.15) is 0 Å². The van der Waals surface area contributed by atoms with Crippen molar-refractivity contribution in [3.05, 3.63) is 0 Å². The highest BCUT2D eigenvalue weighted by Gasteiger charge is 2.35. The lowest BCUT2D eigenvalue weighted by Crippen LogP contribution is -2.52. The highest BCUT2D eigenvalue weighted by Crippen LogP contribution is 2.21. The number of carboxylic acids is 1. The third kappa shape index (κ3) is 5.17. The van der Waals surface area contributed by atoms with Crippen molar-refractivity contribution < 1.29 is 27.9 Å². The molecule has 1 aliphatic heterocycles. The second kappa shape index (κ2) is 7.14. The lowest BCUT2D eigenvalue weighted by atomic mass is 10.2. The van der Waals surface area contributed by atoms with E-state index < -0.39 is 34.4 Å². The summed E-state index contributed by atoms with van der Waals surface area (Å²) in [5.41, 5.74) is 0. The van der Waals surface area contributed by atoms with Crippen LogP contribution >= 0.6 is 11.8 Å². The zero-order valence-corrected chi connectivity index (χ0v) is 12.9. The van der Waals surface area contributed by atoms with E-state index in [0.29, 0.717) is 11.5 Å². The number of hydrogen-bond donors (Lipinski definition) is 2. The van der Waals surface area contributed by atoms with Crippen LogP contribution in [0.25, 0.3) is 0 Å². The summed E-state index contributed by atoms with van der Waals surface area (Å²) in [4.78, 5) is 22.1. The number of nitrogens with one attached hydrogen (secondary N) is 1. The number of carbonyl (C=O) groups is 2. The third-order valence-corrected chi connectivity index (χ3v) is 5.06. The van der Waals surface area contributed by atoms with Crippen LogP contribution in [-0.4, -0.2) is 60.1 Å². The molecule has 0 aromatic rings. The minimum atomic E-state index is -4.09. The summed E-state index contributed by atoms with van der Waals surface area (Å²) < 4.78 is 31.7. The standard InChI is InChI=1S/C10H18N2O6S2/c1-7(2)18-10(15)11-20(16,17)12-3-4-19-6-8(12)5-9(13)14/h7-8H,3-6H2,1-2H3,(H,11,15)(H,13,14). The van der Waals surface area contributed by atoms with Gasteiger partial charge in [0.15, 0.2) is 0 Å².